The predicted octanol–water partition coefficient (Wildman–Crippen LogP) is 2.96. The van der Waals surface area contributed by atoms with Crippen LogP contribution in [-0.2, 0) is 0 Å². The van der Waals surface area contributed by atoms with Gasteiger partial charge in [-0.05, 0) is 36.0 Å². The van der Waals surface area contributed by atoms with Crippen molar-refractivity contribution in [1.29, 1.82) is 0 Å². The maximum absolute atomic E-state index is 5.70. The van der Waals surface area contributed by atoms with Crippen molar-refractivity contribution >= 4 is 28.5 Å². The molecule has 5 nitrogen and oxygen atoms in total. The van der Waals surface area contributed by atoms with E-state index in [-0.39, 0.29) is 0 Å². The van der Waals surface area contributed by atoms with Gasteiger partial charge in [0.25, 0.3) is 5.22 Å². The molecule has 0 aliphatic carbocycles. The second-order valence-corrected chi connectivity index (χ2v) is 4.82. The van der Waals surface area contributed by atoms with Gasteiger partial charge in [-0.1, -0.05) is 0 Å². The van der Waals surface area contributed by atoms with E-state index in [0.717, 1.165) is 16.3 Å². The first-order chi connectivity index (χ1) is 9.24. The second-order valence-electron chi connectivity index (χ2n) is 3.85. The summed E-state index contributed by atoms with van der Waals surface area (Å²) in [5, 5.41) is 1.33. The molecule has 0 radical (unpaired) electrons. The zero-order valence-electron chi connectivity index (χ0n) is 10.2. The van der Waals surface area contributed by atoms with Gasteiger partial charge in [0.2, 0.25) is 0 Å². The standard InChI is InChI=1S/C13H11N3O2S/c1-17-9-3-5-12(15-7-9)19-13-16-10-4-2-8(14)6-11(10)18-13/h2-7H,14H2,1H3. The summed E-state index contributed by atoms with van der Waals surface area (Å²) in [6.07, 6.45) is 1.66. The molecule has 0 bridgehead atoms. The number of ether oxygens (including phenoxy) is 1. The first-order valence-electron chi connectivity index (χ1n) is 5.58. The number of pyridine rings is 1. The van der Waals surface area contributed by atoms with Gasteiger partial charge < -0.3 is 14.9 Å². The van der Waals surface area contributed by atoms with Crippen LogP contribution in [0.15, 0.2) is 51.2 Å². The Bertz CT molecular complexity index is 709. The molecule has 19 heavy (non-hydrogen) atoms. The number of fused-ring (bicyclic) bond motifs is 1. The molecule has 2 heterocycles. The lowest BCUT2D eigenvalue weighted by Gasteiger charge is -1.99. The minimum atomic E-state index is 0.540. The summed E-state index contributed by atoms with van der Waals surface area (Å²) in [6.45, 7) is 0. The number of methoxy groups -OCH3 is 1. The third kappa shape index (κ3) is 2.48. The van der Waals surface area contributed by atoms with E-state index < -0.39 is 0 Å². The Hall–Kier alpha value is -2.21. The average molecular weight is 273 g/mol. The van der Waals surface area contributed by atoms with Gasteiger partial charge in [0.15, 0.2) is 5.58 Å². The predicted molar refractivity (Wildman–Crippen MR) is 73.3 cm³/mol. The number of benzene rings is 1. The summed E-state index contributed by atoms with van der Waals surface area (Å²) in [7, 11) is 1.61. The monoisotopic (exact) mass is 273 g/mol. The van der Waals surface area contributed by atoms with Gasteiger partial charge in [0.1, 0.15) is 16.3 Å². The van der Waals surface area contributed by atoms with Crippen LogP contribution in [0.25, 0.3) is 11.1 Å². The molecule has 0 amide bonds. The van der Waals surface area contributed by atoms with Gasteiger partial charge in [0, 0.05) is 11.8 Å². The Labute approximate surface area is 113 Å². The molecule has 0 aliphatic heterocycles. The van der Waals surface area contributed by atoms with Crippen molar-refractivity contribution in [1.82, 2.24) is 9.97 Å². The van der Waals surface area contributed by atoms with Gasteiger partial charge in [-0.3, -0.25) is 0 Å². The lowest BCUT2D eigenvalue weighted by atomic mass is 10.3. The molecule has 6 heteroatoms. The molecule has 3 rings (SSSR count). The van der Waals surface area contributed by atoms with Crippen LogP contribution >= 0.6 is 11.8 Å². The summed E-state index contributed by atoms with van der Waals surface area (Å²) >= 11 is 1.35. The normalized spacial score (nSPS) is 10.8. The molecular weight excluding hydrogens is 262 g/mol. The summed E-state index contributed by atoms with van der Waals surface area (Å²) in [5.41, 5.74) is 7.81. The van der Waals surface area contributed by atoms with E-state index in [2.05, 4.69) is 9.97 Å². The molecule has 0 spiro atoms. The fourth-order valence-corrected chi connectivity index (χ4v) is 2.30. The minimum absolute atomic E-state index is 0.540. The molecule has 3 aromatic rings. The molecular formula is C13H11N3O2S. The van der Waals surface area contributed by atoms with Crippen molar-refractivity contribution in [2.75, 3.05) is 12.8 Å². The number of nitrogens with two attached hydrogens (primary N) is 1. The topological polar surface area (TPSA) is 74.2 Å². The Kier molecular flexibility index (Phi) is 3.00. The highest BCUT2D eigenvalue weighted by Crippen LogP contribution is 2.29. The zero-order valence-corrected chi connectivity index (χ0v) is 11.0. The average Bonchev–Trinajstić information content (AvgIpc) is 2.81. The molecule has 1 aromatic carbocycles. The highest BCUT2D eigenvalue weighted by atomic mass is 32.2. The fourth-order valence-electron chi connectivity index (χ4n) is 1.60. The molecule has 2 aromatic heterocycles. The third-order valence-electron chi connectivity index (χ3n) is 2.53. The zero-order chi connectivity index (χ0) is 13.2. The van der Waals surface area contributed by atoms with Gasteiger partial charge in [-0.2, -0.15) is 0 Å². The van der Waals surface area contributed by atoms with Crippen LogP contribution < -0.4 is 10.5 Å². The van der Waals surface area contributed by atoms with Gasteiger partial charge in [0.05, 0.1) is 13.3 Å². The van der Waals surface area contributed by atoms with E-state index in [1.54, 1.807) is 25.4 Å². The van der Waals surface area contributed by atoms with E-state index in [1.165, 1.54) is 11.8 Å². The lowest BCUT2D eigenvalue weighted by Crippen LogP contribution is -1.84. The number of rotatable bonds is 3. The van der Waals surface area contributed by atoms with Crippen LogP contribution in [-0.4, -0.2) is 17.1 Å². The van der Waals surface area contributed by atoms with Crippen LogP contribution in [0.2, 0.25) is 0 Å². The molecule has 0 saturated carbocycles. The van der Waals surface area contributed by atoms with Crippen molar-refractivity contribution in [2.45, 2.75) is 10.2 Å². The highest BCUT2D eigenvalue weighted by Gasteiger charge is 2.08. The number of hydrogen-bond acceptors (Lipinski definition) is 6. The Morgan fingerprint density at radius 2 is 2.16 bits per heavy atom. The Morgan fingerprint density at radius 1 is 1.26 bits per heavy atom. The van der Waals surface area contributed by atoms with Gasteiger partial charge >= 0.3 is 0 Å². The number of anilines is 1. The third-order valence-corrected chi connectivity index (χ3v) is 3.33. The number of hydrogen-bond donors (Lipinski definition) is 1. The maximum atomic E-state index is 5.70. The molecule has 96 valence electrons. The number of nitrogens with zero attached hydrogens (tertiary/aromatic N) is 2. The number of aromatic nitrogens is 2. The van der Waals surface area contributed by atoms with Crippen molar-refractivity contribution < 1.29 is 9.15 Å². The minimum Gasteiger partial charge on any atom is -0.495 e. The first-order valence-corrected chi connectivity index (χ1v) is 6.40. The van der Waals surface area contributed by atoms with Crippen LogP contribution in [0, 0.1) is 0 Å². The summed E-state index contributed by atoms with van der Waals surface area (Å²) in [6, 6.07) is 9.08. The van der Waals surface area contributed by atoms with Crippen LogP contribution in [0.1, 0.15) is 0 Å². The highest BCUT2D eigenvalue weighted by molar-refractivity contribution is 7.99. The summed E-state index contributed by atoms with van der Waals surface area (Å²) < 4.78 is 10.7. The van der Waals surface area contributed by atoms with E-state index >= 15 is 0 Å². The lowest BCUT2D eigenvalue weighted by molar-refractivity contribution is 0.412. The number of nitrogen functional groups attached to an aromatic ring is 1. The van der Waals surface area contributed by atoms with E-state index in [9.17, 15) is 0 Å². The largest absolute Gasteiger partial charge is 0.495 e. The Balaban J connectivity index is 1.87. The molecule has 0 unspecified atom stereocenters. The summed E-state index contributed by atoms with van der Waals surface area (Å²) in [5.74, 6) is 0.717. The van der Waals surface area contributed by atoms with Crippen LogP contribution in [0.4, 0.5) is 5.69 Å². The van der Waals surface area contributed by atoms with Crippen molar-refractivity contribution in [3.63, 3.8) is 0 Å². The van der Waals surface area contributed by atoms with Crippen molar-refractivity contribution in [2.24, 2.45) is 0 Å². The molecule has 0 fully saturated rings. The molecule has 0 saturated heterocycles. The smallest absolute Gasteiger partial charge is 0.263 e. The Morgan fingerprint density at radius 3 is 2.89 bits per heavy atom. The fraction of sp³-hybridized carbons (Fsp3) is 0.0769. The van der Waals surface area contributed by atoms with E-state index in [1.807, 2.05) is 18.2 Å². The quantitative estimate of drug-likeness (QED) is 0.739. The van der Waals surface area contributed by atoms with Crippen LogP contribution in [0.5, 0.6) is 5.75 Å². The summed E-state index contributed by atoms with van der Waals surface area (Å²) in [4.78, 5) is 8.61. The molecule has 0 atom stereocenters. The van der Waals surface area contributed by atoms with Crippen molar-refractivity contribution in [3.05, 3.63) is 36.5 Å². The maximum Gasteiger partial charge on any atom is 0.263 e. The van der Waals surface area contributed by atoms with Gasteiger partial charge in [-0.25, -0.2) is 9.97 Å². The molecule has 2 N–H and O–H groups in total. The van der Waals surface area contributed by atoms with Gasteiger partial charge in [-0.15, -0.1) is 0 Å². The van der Waals surface area contributed by atoms with Crippen molar-refractivity contribution in [3.8, 4) is 5.75 Å². The SMILES string of the molecule is COc1ccc(Sc2nc3ccc(N)cc3o2)nc1. The first kappa shape index (κ1) is 11.9. The van der Waals surface area contributed by atoms with E-state index in [0.29, 0.717) is 16.5 Å². The van der Waals surface area contributed by atoms with Crippen LogP contribution in [0.3, 0.4) is 0 Å². The number of oxazole rings is 1. The second kappa shape index (κ2) is 4.81. The van der Waals surface area contributed by atoms with E-state index in [4.69, 9.17) is 14.9 Å². The molecule has 0 aliphatic rings.